The van der Waals surface area contributed by atoms with Crippen molar-refractivity contribution < 1.29 is 4.74 Å². The zero-order valence-corrected chi connectivity index (χ0v) is 12.9. The van der Waals surface area contributed by atoms with Crippen molar-refractivity contribution in [2.75, 3.05) is 26.7 Å². The number of hydrogen-bond donors (Lipinski definition) is 1. The van der Waals surface area contributed by atoms with E-state index >= 15 is 0 Å². The fourth-order valence-corrected chi connectivity index (χ4v) is 3.48. The first-order valence-corrected chi connectivity index (χ1v) is 8.32. The summed E-state index contributed by atoms with van der Waals surface area (Å²) in [6.45, 7) is 5.48. The molecule has 2 aliphatic rings. The van der Waals surface area contributed by atoms with Crippen LogP contribution in [0, 0.1) is 0 Å². The second-order valence-electron chi connectivity index (χ2n) is 6.42. The maximum atomic E-state index is 5.73. The molecule has 0 radical (unpaired) electrons. The van der Waals surface area contributed by atoms with Crippen LogP contribution in [0.25, 0.3) is 0 Å². The van der Waals surface area contributed by atoms with Crippen LogP contribution in [-0.4, -0.2) is 49.8 Å². The van der Waals surface area contributed by atoms with Gasteiger partial charge in [0.1, 0.15) is 0 Å². The quantitative estimate of drug-likeness (QED) is 0.750. The molecule has 1 heterocycles. The molecule has 1 aliphatic carbocycles. The van der Waals surface area contributed by atoms with Crippen molar-refractivity contribution in [1.82, 2.24) is 10.2 Å². The lowest BCUT2D eigenvalue weighted by Gasteiger charge is -2.28. The summed E-state index contributed by atoms with van der Waals surface area (Å²) in [5, 5.41) is 3.64. The fourth-order valence-electron chi connectivity index (χ4n) is 3.48. The Morgan fingerprint density at radius 3 is 2.47 bits per heavy atom. The van der Waals surface area contributed by atoms with Crippen LogP contribution >= 0.6 is 0 Å². The first-order valence-electron chi connectivity index (χ1n) is 8.32. The number of nitrogens with one attached hydrogen (secondary N) is 1. The molecule has 2 atom stereocenters. The molecule has 0 amide bonds. The van der Waals surface area contributed by atoms with Gasteiger partial charge in [0.05, 0.1) is 6.10 Å². The third-order valence-electron chi connectivity index (χ3n) is 4.90. The van der Waals surface area contributed by atoms with E-state index in [2.05, 4.69) is 24.2 Å². The average molecular weight is 268 g/mol. The molecule has 19 heavy (non-hydrogen) atoms. The van der Waals surface area contributed by atoms with Gasteiger partial charge in [-0.15, -0.1) is 0 Å². The van der Waals surface area contributed by atoms with Gasteiger partial charge >= 0.3 is 0 Å². The summed E-state index contributed by atoms with van der Waals surface area (Å²) in [6, 6.07) is 1.33. The summed E-state index contributed by atoms with van der Waals surface area (Å²) in [4.78, 5) is 2.57. The van der Waals surface area contributed by atoms with Gasteiger partial charge in [-0.2, -0.15) is 0 Å². The van der Waals surface area contributed by atoms with Crippen molar-refractivity contribution in [3.63, 3.8) is 0 Å². The maximum Gasteiger partial charge on any atom is 0.0726 e. The summed E-state index contributed by atoms with van der Waals surface area (Å²) in [5.74, 6) is 0. The van der Waals surface area contributed by atoms with Gasteiger partial charge in [-0.3, -0.25) is 0 Å². The van der Waals surface area contributed by atoms with Gasteiger partial charge in [0.25, 0.3) is 0 Å². The molecule has 0 aromatic rings. The van der Waals surface area contributed by atoms with Crippen LogP contribution in [0.2, 0.25) is 0 Å². The highest BCUT2D eigenvalue weighted by atomic mass is 16.5. The summed E-state index contributed by atoms with van der Waals surface area (Å²) in [5.41, 5.74) is 0. The normalized spacial score (nSPS) is 27.6. The Morgan fingerprint density at radius 2 is 1.84 bits per heavy atom. The molecule has 0 bridgehead atoms. The minimum absolute atomic E-state index is 0.447. The first-order chi connectivity index (χ1) is 9.27. The summed E-state index contributed by atoms with van der Waals surface area (Å²) in [7, 11) is 2.30. The maximum absolute atomic E-state index is 5.73. The van der Waals surface area contributed by atoms with E-state index in [-0.39, 0.29) is 0 Å². The van der Waals surface area contributed by atoms with Crippen LogP contribution in [0.5, 0.6) is 0 Å². The van der Waals surface area contributed by atoms with Crippen molar-refractivity contribution in [2.45, 2.75) is 76.5 Å². The largest absolute Gasteiger partial charge is 0.377 e. The van der Waals surface area contributed by atoms with Gasteiger partial charge < -0.3 is 15.0 Å². The molecule has 1 aliphatic heterocycles. The lowest BCUT2D eigenvalue weighted by Crippen LogP contribution is -2.42. The minimum atomic E-state index is 0.447. The molecule has 112 valence electrons. The highest BCUT2D eigenvalue weighted by Crippen LogP contribution is 2.20. The molecule has 0 spiro atoms. The Labute approximate surface area is 119 Å². The van der Waals surface area contributed by atoms with Crippen LogP contribution in [0.4, 0.5) is 0 Å². The van der Waals surface area contributed by atoms with E-state index < -0.39 is 0 Å². The first kappa shape index (κ1) is 15.3. The fraction of sp³-hybridized carbons (Fsp3) is 1.00. The van der Waals surface area contributed by atoms with Crippen molar-refractivity contribution in [1.29, 1.82) is 0 Å². The lowest BCUT2D eigenvalue weighted by atomic mass is 10.1. The highest BCUT2D eigenvalue weighted by Gasteiger charge is 2.22. The van der Waals surface area contributed by atoms with Crippen LogP contribution < -0.4 is 5.32 Å². The van der Waals surface area contributed by atoms with Gasteiger partial charge in [-0.05, 0) is 39.7 Å². The number of likely N-dealkylation sites (N-methyl/N-ethyl adjacent to an activating group) is 1. The monoisotopic (exact) mass is 268 g/mol. The minimum Gasteiger partial charge on any atom is -0.377 e. The van der Waals surface area contributed by atoms with Gasteiger partial charge in [0.15, 0.2) is 0 Å². The van der Waals surface area contributed by atoms with Crippen LogP contribution in [0.1, 0.15) is 58.3 Å². The van der Waals surface area contributed by atoms with Crippen LogP contribution in [0.3, 0.4) is 0 Å². The molecule has 1 saturated carbocycles. The molecule has 0 aromatic heterocycles. The molecular weight excluding hydrogens is 236 g/mol. The van der Waals surface area contributed by atoms with Gasteiger partial charge in [0.2, 0.25) is 0 Å². The van der Waals surface area contributed by atoms with E-state index in [0.29, 0.717) is 12.1 Å². The summed E-state index contributed by atoms with van der Waals surface area (Å²) < 4.78 is 5.73. The summed E-state index contributed by atoms with van der Waals surface area (Å²) in [6.07, 6.45) is 11.4. The number of rotatable bonds is 6. The van der Waals surface area contributed by atoms with E-state index in [4.69, 9.17) is 4.74 Å². The molecule has 3 nitrogen and oxygen atoms in total. The molecule has 2 rings (SSSR count). The Hall–Kier alpha value is -0.120. The Kier molecular flexibility index (Phi) is 6.62. The van der Waals surface area contributed by atoms with Crippen molar-refractivity contribution in [3.8, 4) is 0 Å². The Bertz CT molecular complexity index is 233. The molecule has 3 heteroatoms. The van der Waals surface area contributed by atoms with E-state index in [0.717, 1.165) is 19.2 Å². The third kappa shape index (κ3) is 5.05. The van der Waals surface area contributed by atoms with Crippen molar-refractivity contribution >= 4 is 0 Å². The predicted octanol–water partition coefficient (Wildman–Crippen LogP) is 2.80. The average Bonchev–Trinajstić information content (AvgIpc) is 2.81. The molecule has 0 aromatic carbocycles. The van der Waals surface area contributed by atoms with Gasteiger partial charge in [0, 0.05) is 31.8 Å². The zero-order valence-electron chi connectivity index (χ0n) is 12.9. The second kappa shape index (κ2) is 8.23. The Balaban J connectivity index is 1.60. The molecule has 1 N–H and O–H groups in total. The predicted molar refractivity (Wildman–Crippen MR) is 80.6 cm³/mol. The smallest absolute Gasteiger partial charge is 0.0726 e. The summed E-state index contributed by atoms with van der Waals surface area (Å²) >= 11 is 0. The van der Waals surface area contributed by atoms with E-state index in [1.165, 1.54) is 57.9 Å². The topological polar surface area (TPSA) is 24.5 Å². The van der Waals surface area contributed by atoms with E-state index in [1.807, 2.05) is 0 Å². The molecule has 2 fully saturated rings. The second-order valence-corrected chi connectivity index (χ2v) is 6.42. The zero-order chi connectivity index (χ0) is 13.5. The van der Waals surface area contributed by atoms with Crippen LogP contribution in [0.15, 0.2) is 0 Å². The molecule has 2 unspecified atom stereocenters. The van der Waals surface area contributed by atoms with Crippen molar-refractivity contribution in [2.24, 2.45) is 0 Å². The van der Waals surface area contributed by atoms with Crippen molar-refractivity contribution in [3.05, 3.63) is 0 Å². The van der Waals surface area contributed by atoms with Gasteiger partial charge in [-0.1, -0.05) is 25.7 Å². The number of ether oxygens (including phenoxy) is 1. The molecule has 1 saturated heterocycles. The number of nitrogens with zero attached hydrogens (tertiary/aromatic N) is 1. The third-order valence-corrected chi connectivity index (χ3v) is 4.90. The van der Waals surface area contributed by atoms with E-state index in [1.54, 1.807) is 0 Å². The van der Waals surface area contributed by atoms with Gasteiger partial charge in [-0.25, -0.2) is 0 Å². The SMILES string of the molecule is CC(NCCN(C)C1CCCCCC1)C1CCCO1. The van der Waals surface area contributed by atoms with Crippen LogP contribution in [-0.2, 0) is 4.74 Å². The standard InChI is InChI=1S/C16H32N2O/c1-14(16-10-7-13-19-16)17-11-12-18(2)15-8-5-3-4-6-9-15/h14-17H,3-13H2,1-2H3. The lowest BCUT2D eigenvalue weighted by molar-refractivity contribution is 0.0822. The highest BCUT2D eigenvalue weighted by molar-refractivity contribution is 4.78. The molecular formula is C16H32N2O. The number of hydrogen-bond acceptors (Lipinski definition) is 3. The Morgan fingerprint density at radius 1 is 1.11 bits per heavy atom. The van der Waals surface area contributed by atoms with E-state index in [9.17, 15) is 0 Å².